The summed E-state index contributed by atoms with van der Waals surface area (Å²) in [5.74, 6) is 0.223. The molecule has 0 aliphatic carbocycles. The third-order valence-corrected chi connectivity index (χ3v) is 5.36. The van der Waals surface area contributed by atoms with E-state index >= 15 is 0 Å². The minimum absolute atomic E-state index is 0.147. The second-order valence-corrected chi connectivity index (χ2v) is 7.42. The monoisotopic (exact) mass is 393 g/mol. The fourth-order valence-corrected chi connectivity index (χ4v) is 3.59. The molecule has 0 aliphatic heterocycles. The summed E-state index contributed by atoms with van der Waals surface area (Å²) in [5, 5.41) is 12.3. The minimum Gasteiger partial charge on any atom is -0.507 e. The lowest BCUT2D eigenvalue weighted by Gasteiger charge is -2.11. The maximum atomic E-state index is 12.7. The Labute approximate surface area is 176 Å². The first-order valence-electron chi connectivity index (χ1n) is 10.0. The van der Waals surface area contributed by atoms with Crippen molar-refractivity contribution in [2.24, 2.45) is 4.99 Å². The summed E-state index contributed by atoms with van der Waals surface area (Å²) >= 11 is 0. The molecule has 1 atom stereocenters. The fourth-order valence-electron chi connectivity index (χ4n) is 3.59. The van der Waals surface area contributed by atoms with E-state index in [0.717, 1.165) is 27.6 Å². The van der Waals surface area contributed by atoms with Crippen molar-refractivity contribution in [2.75, 3.05) is 0 Å². The van der Waals surface area contributed by atoms with E-state index in [-0.39, 0.29) is 17.5 Å². The number of hydrogen-bond acceptors (Lipinski definition) is 3. The van der Waals surface area contributed by atoms with Crippen molar-refractivity contribution in [3.05, 3.63) is 108 Å². The molecule has 1 N–H and O–H groups in total. The van der Waals surface area contributed by atoms with Gasteiger partial charge >= 0.3 is 0 Å². The number of carbonyl (C=O) groups excluding carboxylic acids is 1. The second kappa shape index (κ2) is 8.75. The van der Waals surface area contributed by atoms with Crippen molar-refractivity contribution in [1.82, 2.24) is 0 Å². The van der Waals surface area contributed by atoms with Crippen LogP contribution in [0, 0.1) is 0 Å². The van der Waals surface area contributed by atoms with Gasteiger partial charge in [0.15, 0.2) is 0 Å². The topological polar surface area (TPSA) is 49.7 Å². The maximum absolute atomic E-state index is 12.7. The lowest BCUT2D eigenvalue weighted by molar-refractivity contribution is -0.119. The van der Waals surface area contributed by atoms with Crippen LogP contribution < -0.4 is 0 Å². The molecule has 0 aromatic heterocycles. The van der Waals surface area contributed by atoms with Gasteiger partial charge in [0.2, 0.25) is 0 Å². The number of hydrogen-bond donors (Lipinski definition) is 1. The zero-order chi connectivity index (χ0) is 20.9. The van der Waals surface area contributed by atoms with Crippen LogP contribution in [0.5, 0.6) is 5.75 Å². The predicted molar refractivity (Wildman–Crippen MR) is 123 cm³/mol. The van der Waals surface area contributed by atoms with Crippen LogP contribution >= 0.6 is 0 Å². The van der Waals surface area contributed by atoms with Crippen LogP contribution in [0.3, 0.4) is 0 Å². The number of phenolic OH excluding ortho intramolecular Hbond substituents is 1. The molecule has 0 aliphatic rings. The van der Waals surface area contributed by atoms with Gasteiger partial charge in [0, 0.05) is 24.1 Å². The Morgan fingerprint density at radius 3 is 2.53 bits per heavy atom. The van der Waals surface area contributed by atoms with Crippen molar-refractivity contribution >= 4 is 28.5 Å². The molecule has 30 heavy (non-hydrogen) atoms. The summed E-state index contributed by atoms with van der Waals surface area (Å²) < 4.78 is 0. The highest BCUT2D eigenvalue weighted by Gasteiger charge is 2.15. The van der Waals surface area contributed by atoms with Gasteiger partial charge in [-0.2, -0.15) is 0 Å². The number of Topliss-reactive ketones (excluding diaryl/α,β-unsaturated/α-hetero) is 1. The molecule has 0 spiro atoms. The molecule has 4 aromatic rings. The number of benzene rings is 4. The van der Waals surface area contributed by atoms with E-state index in [4.69, 9.17) is 0 Å². The highest BCUT2D eigenvalue weighted by atomic mass is 16.3. The molecule has 4 aromatic carbocycles. The Morgan fingerprint density at radius 2 is 1.70 bits per heavy atom. The number of nitrogens with zero attached hydrogens (tertiary/aromatic N) is 1. The number of carbonyl (C=O) groups is 1. The van der Waals surface area contributed by atoms with Gasteiger partial charge in [0.05, 0.1) is 5.69 Å². The van der Waals surface area contributed by atoms with Gasteiger partial charge in [-0.1, -0.05) is 79.7 Å². The fraction of sp³-hybridized carbons (Fsp3) is 0.111. The number of fused-ring (bicyclic) bond motifs is 1. The van der Waals surface area contributed by atoms with Gasteiger partial charge in [-0.15, -0.1) is 0 Å². The van der Waals surface area contributed by atoms with Crippen molar-refractivity contribution in [1.29, 1.82) is 0 Å². The van der Waals surface area contributed by atoms with Crippen molar-refractivity contribution in [2.45, 2.75) is 19.3 Å². The first-order valence-corrected chi connectivity index (χ1v) is 10.0. The molecule has 0 heterocycles. The number of phenols is 1. The van der Waals surface area contributed by atoms with Gasteiger partial charge in [-0.05, 0) is 40.1 Å². The quantitative estimate of drug-likeness (QED) is 0.396. The molecule has 0 saturated heterocycles. The van der Waals surface area contributed by atoms with Crippen LogP contribution in [0.15, 0.2) is 96.0 Å². The molecule has 0 bridgehead atoms. The average Bonchev–Trinajstić information content (AvgIpc) is 2.78. The second-order valence-electron chi connectivity index (χ2n) is 7.42. The Morgan fingerprint density at radius 1 is 0.933 bits per heavy atom. The van der Waals surface area contributed by atoms with Gasteiger partial charge in [0.1, 0.15) is 11.5 Å². The van der Waals surface area contributed by atoms with Crippen LogP contribution in [0.1, 0.15) is 29.5 Å². The van der Waals surface area contributed by atoms with Crippen LogP contribution in [-0.2, 0) is 11.2 Å². The van der Waals surface area contributed by atoms with Crippen LogP contribution in [0.4, 0.5) is 5.69 Å². The number of aromatic hydroxyl groups is 1. The van der Waals surface area contributed by atoms with Crippen molar-refractivity contribution < 1.29 is 9.90 Å². The molecular formula is C27H23NO2. The van der Waals surface area contributed by atoms with E-state index < -0.39 is 0 Å². The molecule has 148 valence electrons. The molecule has 0 fully saturated rings. The van der Waals surface area contributed by atoms with E-state index in [9.17, 15) is 9.90 Å². The largest absolute Gasteiger partial charge is 0.507 e. The van der Waals surface area contributed by atoms with E-state index in [1.165, 1.54) is 0 Å². The summed E-state index contributed by atoms with van der Waals surface area (Å²) in [6.07, 6.45) is 2.05. The highest BCUT2D eigenvalue weighted by molar-refractivity contribution is 6.03. The van der Waals surface area contributed by atoms with Crippen LogP contribution in [0.25, 0.3) is 10.8 Å². The standard InChI is InChI=1S/C27H23NO2/c1-19(21-9-3-2-4-10-21)27(30)17-20-8-7-12-23(16-20)28-18-25-24-13-6-5-11-22(24)14-15-26(25)29/h2-16,18-19,29H,17H2,1H3. The Hall–Kier alpha value is -3.72. The molecule has 0 saturated carbocycles. The maximum Gasteiger partial charge on any atom is 0.144 e. The van der Waals surface area contributed by atoms with E-state index in [1.807, 2.05) is 91.9 Å². The Bertz CT molecular complexity index is 1210. The summed E-state index contributed by atoms with van der Waals surface area (Å²) in [6, 6.07) is 29.0. The van der Waals surface area contributed by atoms with Crippen molar-refractivity contribution in [3.8, 4) is 5.75 Å². The molecule has 0 radical (unpaired) electrons. The zero-order valence-corrected chi connectivity index (χ0v) is 16.8. The van der Waals surface area contributed by atoms with E-state index in [1.54, 1.807) is 12.3 Å². The minimum atomic E-state index is -0.147. The summed E-state index contributed by atoms with van der Waals surface area (Å²) in [7, 11) is 0. The SMILES string of the molecule is CC(C(=O)Cc1cccc(N=Cc2c(O)ccc3ccccc23)c1)c1ccccc1. The first-order chi connectivity index (χ1) is 14.6. The van der Waals surface area contributed by atoms with Crippen molar-refractivity contribution in [3.63, 3.8) is 0 Å². The van der Waals surface area contributed by atoms with Gasteiger partial charge in [0.25, 0.3) is 0 Å². The van der Waals surface area contributed by atoms with E-state index in [2.05, 4.69) is 4.99 Å². The number of ketones is 1. The highest BCUT2D eigenvalue weighted by Crippen LogP contribution is 2.26. The molecule has 0 amide bonds. The molecule has 1 unspecified atom stereocenters. The first kappa shape index (κ1) is 19.6. The number of aliphatic imine (C=N–C) groups is 1. The van der Waals surface area contributed by atoms with E-state index in [0.29, 0.717) is 12.0 Å². The summed E-state index contributed by atoms with van der Waals surface area (Å²) in [4.78, 5) is 17.3. The zero-order valence-electron chi connectivity index (χ0n) is 16.8. The molecule has 3 heteroatoms. The smallest absolute Gasteiger partial charge is 0.144 e. The predicted octanol–water partition coefficient (Wildman–Crippen LogP) is 6.21. The molecule has 3 nitrogen and oxygen atoms in total. The lowest BCUT2D eigenvalue weighted by atomic mass is 9.93. The number of rotatable bonds is 6. The molecule has 4 rings (SSSR count). The lowest BCUT2D eigenvalue weighted by Crippen LogP contribution is -2.11. The summed E-state index contributed by atoms with van der Waals surface area (Å²) in [5.41, 5.74) is 3.40. The average molecular weight is 393 g/mol. The summed E-state index contributed by atoms with van der Waals surface area (Å²) in [6.45, 7) is 1.95. The molecular weight excluding hydrogens is 370 g/mol. The normalized spacial score (nSPS) is 12.3. The van der Waals surface area contributed by atoms with Gasteiger partial charge in [-0.25, -0.2) is 0 Å². The third-order valence-electron chi connectivity index (χ3n) is 5.36. The van der Waals surface area contributed by atoms with Gasteiger partial charge < -0.3 is 5.11 Å². The van der Waals surface area contributed by atoms with Crippen LogP contribution in [-0.4, -0.2) is 17.1 Å². The van der Waals surface area contributed by atoms with Crippen LogP contribution in [0.2, 0.25) is 0 Å². The Balaban J connectivity index is 1.55. The third kappa shape index (κ3) is 4.31. The Kier molecular flexibility index (Phi) is 5.71. The van der Waals surface area contributed by atoms with Gasteiger partial charge in [-0.3, -0.25) is 9.79 Å².